The van der Waals surface area contributed by atoms with Crippen LogP contribution in [-0.2, 0) is 4.74 Å². The molecule has 5 heteroatoms. The number of nitrogens with one attached hydrogen (secondary N) is 2. The average Bonchev–Trinajstić information content (AvgIpc) is 1.64. The summed E-state index contributed by atoms with van der Waals surface area (Å²) in [4.78, 5) is 10.3. The van der Waals surface area contributed by atoms with Gasteiger partial charge < -0.3 is 10.1 Å². The quantitative estimate of drug-likeness (QED) is 0.439. The summed E-state index contributed by atoms with van der Waals surface area (Å²) in [5.41, 5.74) is 0. The Hall–Kier alpha value is -0.840. The van der Waals surface area contributed by atoms with Gasteiger partial charge in [-0.2, -0.15) is 0 Å². The Bertz CT molecular complexity index is 121. The highest BCUT2D eigenvalue weighted by Gasteiger charge is 2.09. The predicted molar refractivity (Wildman–Crippen MR) is 30.2 cm³/mol. The molecule has 1 heterocycles. The molecule has 0 radical (unpaired) electrons. The van der Waals surface area contributed by atoms with E-state index in [1.807, 2.05) is 0 Å². The topological polar surface area (TPSA) is 50.4 Å². The zero-order chi connectivity index (χ0) is 5.98. The molecule has 0 saturated carbocycles. The van der Waals surface area contributed by atoms with E-state index in [1.54, 1.807) is 0 Å². The molecule has 0 aliphatic carbocycles. The summed E-state index contributed by atoms with van der Waals surface area (Å²) in [6.45, 7) is 0.171. The number of rotatable bonds is 0. The molecule has 4 nitrogen and oxygen atoms in total. The molecule has 0 aromatic carbocycles. The molecule has 0 aromatic heterocycles. The van der Waals surface area contributed by atoms with Crippen LogP contribution in [0, 0.1) is 0 Å². The van der Waals surface area contributed by atoms with Crippen molar-refractivity contribution < 1.29 is 9.53 Å². The Morgan fingerprint density at radius 2 is 2.50 bits per heavy atom. The second-order valence-corrected chi connectivity index (χ2v) is 1.58. The maximum Gasteiger partial charge on any atom is 0.324 e. The summed E-state index contributed by atoms with van der Waals surface area (Å²) in [6, 6.07) is -0.304. The van der Waals surface area contributed by atoms with Crippen molar-refractivity contribution >= 4 is 23.4 Å². The van der Waals surface area contributed by atoms with Gasteiger partial charge in [0.05, 0.1) is 0 Å². The van der Waals surface area contributed by atoms with Crippen molar-refractivity contribution in [1.29, 1.82) is 0 Å². The maximum atomic E-state index is 10.3. The standard InChI is InChI=1S/C3H4N2O2S/c6-2-4-1-7-3(8)5-2/h1H2,(H2,4,5,6,8). The molecular formula is C3H4N2O2S. The predicted octanol–water partition coefficient (Wildman–Crippen LogP) is -0.442. The Labute approximate surface area is 51.2 Å². The summed E-state index contributed by atoms with van der Waals surface area (Å²) in [5.74, 6) is 0. The van der Waals surface area contributed by atoms with Gasteiger partial charge in [0.2, 0.25) is 0 Å². The lowest BCUT2D eigenvalue weighted by molar-refractivity contribution is 0.206. The van der Waals surface area contributed by atoms with Crippen LogP contribution < -0.4 is 10.6 Å². The molecule has 0 bridgehead atoms. The molecule has 0 aromatic rings. The van der Waals surface area contributed by atoms with Crippen LogP contribution in [0.1, 0.15) is 0 Å². The first-order chi connectivity index (χ1) is 3.79. The van der Waals surface area contributed by atoms with Crippen LogP contribution in [0.3, 0.4) is 0 Å². The third-order valence-corrected chi connectivity index (χ3v) is 0.871. The lowest BCUT2D eigenvalue weighted by Crippen LogP contribution is -2.47. The van der Waals surface area contributed by atoms with Crippen LogP contribution in [0.15, 0.2) is 0 Å². The van der Waals surface area contributed by atoms with E-state index in [0.717, 1.165) is 0 Å². The fraction of sp³-hybridized carbons (Fsp3) is 0.333. The van der Waals surface area contributed by atoms with Gasteiger partial charge in [0.25, 0.3) is 5.17 Å². The molecule has 2 amide bonds. The average molecular weight is 132 g/mol. The molecule has 1 rings (SSSR count). The smallest absolute Gasteiger partial charge is 0.324 e. The Morgan fingerprint density at radius 1 is 1.75 bits per heavy atom. The van der Waals surface area contributed by atoms with Crippen molar-refractivity contribution in [3.05, 3.63) is 0 Å². The number of amides is 2. The first-order valence-corrected chi connectivity index (χ1v) is 2.41. The molecule has 8 heavy (non-hydrogen) atoms. The summed E-state index contributed by atoms with van der Waals surface area (Å²) < 4.78 is 4.64. The number of hydrogen-bond donors (Lipinski definition) is 2. The van der Waals surface area contributed by atoms with Crippen LogP contribution in [0.2, 0.25) is 0 Å². The zero-order valence-electron chi connectivity index (χ0n) is 3.93. The fourth-order valence-corrected chi connectivity index (χ4v) is 0.492. The van der Waals surface area contributed by atoms with Crippen molar-refractivity contribution in [2.24, 2.45) is 0 Å². The second-order valence-electron chi connectivity index (χ2n) is 1.21. The van der Waals surface area contributed by atoms with Gasteiger partial charge in [-0.25, -0.2) is 4.79 Å². The Morgan fingerprint density at radius 3 is 2.88 bits per heavy atom. The third-order valence-electron chi connectivity index (χ3n) is 0.652. The highest BCUT2D eigenvalue weighted by molar-refractivity contribution is 7.80. The molecule has 0 unspecified atom stereocenters. The number of thiocarbonyl (C=S) groups is 1. The van der Waals surface area contributed by atoms with Gasteiger partial charge in [-0.1, -0.05) is 0 Å². The van der Waals surface area contributed by atoms with Gasteiger partial charge in [-0.15, -0.1) is 0 Å². The first-order valence-electron chi connectivity index (χ1n) is 2.00. The maximum absolute atomic E-state index is 10.3. The summed E-state index contributed by atoms with van der Waals surface area (Å²) in [5, 5.41) is 4.72. The monoisotopic (exact) mass is 132 g/mol. The first kappa shape index (κ1) is 5.30. The lowest BCUT2D eigenvalue weighted by atomic mass is 10.8. The minimum absolute atomic E-state index is 0.133. The number of ether oxygens (including phenoxy) is 1. The minimum atomic E-state index is -0.304. The Balaban J connectivity index is 2.45. The van der Waals surface area contributed by atoms with Crippen LogP contribution in [0.25, 0.3) is 0 Å². The SMILES string of the molecule is O=C1NCOC(=S)N1. The molecule has 1 aliphatic rings. The van der Waals surface area contributed by atoms with E-state index in [4.69, 9.17) is 0 Å². The lowest BCUT2D eigenvalue weighted by Gasteiger charge is -2.14. The van der Waals surface area contributed by atoms with Gasteiger partial charge in [0.15, 0.2) is 6.73 Å². The van der Waals surface area contributed by atoms with E-state index < -0.39 is 0 Å². The highest BCUT2D eigenvalue weighted by atomic mass is 32.1. The second kappa shape index (κ2) is 1.95. The number of carbonyl (C=O) groups is 1. The normalized spacial score (nSPS) is 18.5. The van der Waals surface area contributed by atoms with Crippen molar-refractivity contribution in [3.63, 3.8) is 0 Å². The van der Waals surface area contributed by atoms with Crippen LogP contribution in [0.5, 0.6) is 0 Å². The van der Waals surface area contributed by atoms with Crippen LogP contribution in [0.4, 0.5) is 4.79 Å². The number of hydrogen-bond acceptors (Lipinski definition) is 3. The Kier molecular flexibility index (Phi) is 1.29. The van der Waals surface area contributed by atoms with E-state index in [2.05, 4.69) is 27.6 Å². The molecule has 1 saturated heterocycles. The van der Waals surface area contributed by atoms with Gasteiger partial charge in [0.1, 0.15) is 0 Å². The fourth-order valence-electron chi connectivity index (χ4n) is 0.340. The number of urea groups is 1. The highest BCUT2D eigenvalue weighted by Crippen LogP contribution is 1.81. The van der Waals surface area contributed by atoms with E-state index in [9.17, 15) is 4.79 Å². The van der Waals surface area contributed by atoms with E-state index in [0.29, 0.717) is 0 Å². The van der Waals surface area contributed by atoms with Gasteiger partial charge in [0, 0.05) is 0 Å². The van der Waals surface area contributed by atoms with Crippen LogP contribution >= 0.6 is 12.2 Å². The molecular weight excluding hydrogens is 128 g/mol. The van der Waals surface area contributed by atoms with Crippen molar-refractivity contribution in [2.45, 2.75) is 0 Å². The van der Waals surface area contributed by atoms with E-state index in [-0.39, 0.29) is 17.9 Å². The van der Waals surface area contributed by atoms with Gasteiger partial charge in [-0.05, 0) is 12.2 Å². The van der Waals surface area contributed by atoms with Gasteiger partial charge in [-0.3, -0.25) is 5.32 Å². The van der Waals surface area contributed by atoms with E-state index >= 15 is 0 Å². The molecule has 2 N–H and O–H groups in total. The molecule has 0 atom stereocenters. The van der Waals surface area contributed by atoms with Crippen LogP contribution in [-0.4, -0.2) is 17.9 Å². The minimum Gasteiger partial charge on any atom is -0.449 e. The van der Waals surface area contributed by atoms with Crippen molar-refractivity contribution in [3.8, 4) is 0 Å². The molecule has 0 spiro atoms. The van der Waals surface area contributed by atoms with Crippen molar-refractivity contribution in [1.82, 2.24) is 10.6 Å². The van der Waals surface area contributed by atoms with Crippen molar-refractivity contribution in [2.75, 3.05) is 6.73 Å². The van der Waals surface area contributed by atoms with E-state index in [1.165, 1.54) is 0 Å². The zero-order valence-corrected chi connectivity index (χ0v) is 4.75. The summed E-state index contributed by atoms with van der Waals surface area (Å²) in [6.07, 6.45) is 0. The molecule has 1 fully saturated rings. The summed E-state index contributed by atoms with van der Waals surface area (Å²) in [7, 11) is 0. The summed E-state index contributed by atoms with van der Waals surface area (Å²) >= 11 is 4.49. The number of carbonyl (C=O) groups excluding carboxylic acids is 1. The molecule has 44 valence electrons. The largest absolute Gasteiger partial charge is 0.449 e. The molecule has 1 aliphatic heterocycles. The van der Waals surface area contributed by atoms with Gasteiger partial charge >= 0.3 is 6.03 Å². The third kappa shape index (κ3) is 1.06.